The fourth-order valence-electron chi connectivity index (χ4n) is 3.90. The van der Waals surface area contributed by atoms with Crippen molar-refractivity contribution in [2.45, 2.75) is 45.4 Å². The average Bonchev–Trinajstić information content (AvgIpc) is 3.02. The highest BCUT2D eigenvalue weighted by Gasteiger charge is 2.40. The van der Waals surface area contributed by atoms with Crippen molar-refractivity contribution >= 4 is 11.6 Å². The predicted molar refractivity (Wildman–Crippen MR) is 78.0 cm³/mol. The Hall–Kier alpha value is -1.31. The number of aryl methyl sites for hydroxylation is 1. The average molecular weight is 257 g/mol. The van der Waals surface area contributed by atoms with Crippen LogP contribution in [-0.4, -0.2) is 5.91 Å². The summed E-state index contributed by atoms with van der Waals surface area (Å²) < 4.78 is 0. The Morgan fingerprint density at radius 1 is 1.21 bits per heavy atom. The van der Waals surface area contributed by atoms with E-state index in [1.54, 1.807) is 0 Å². The number of carbonyl (C=O) groups excluding carboxylic acids is 1. The van der Waals surface area contributed by atoms with E-state index in [2.05, 4.69) is 24.4 Å². The number of benzene rings is 1. The van der Waals surface area contributed by atoms with Crippen LogP contribution in [0, 0.1) is 17.8 Å². The second kappa shape index (κ2) is 5.36. The maximum Gasteiger partial charge on any atom is 0.224 e. The van der Waals surface area contributed by atoms with Gasteiger partial charge in [-0.05, 0) is 61.1 Å². The van der Waals surface area contributed by atoms with Crippen LogP contribution < -0.4 is 5.32 Å². The van der Waals surface area contributed by atoms with Gasteiger partial charge in [-0.3, -0.25) is 4.79 Å². The zero-order valence-corrected chi connectivity index (χ0v) is 11.7. The topological polar surface area (TPSA) is 29.1 Å². The van der Waals surface area contributed by atoms with Crippen molar-refractivity contribution in [3.63, 3.8) is 0 Å². The summed E-state index contributed by atoms with van der Waals surface area (Å²) in [7, 11) is 0. The highest BCUT2D eigenvalue weighted by atomic mass is 16.1. The number of hydrogen-bond donors (Lipinski definition) is 1. The summed E-state index contributed by atoms with van der Waals surface area (Å²) >= 11 is 0. The molecule has 2 fully saturated rings. The Bertz CT molecular complexity index is 451. The van der Waals surface area contributed by atoms with Crippen LogP contribution >= 0.6 is 0 Å². The standard InChI is InChI=1S/C17H23NO/c1-2-12-4-7-16(8-5-12)18-17(19)11-15-10-13-3-6-14(15)9-13/h4-5,7-8,13-15H,2-3,6,9-11H2,1H3,(H,18,19)/t13-,14+,15-/m0/s1. The summed E-state index contributed by atoms with van der Waals surface area (Å²) in [5.74, 6) is 2.60. The summed E-state index contributed by atoms with van der Waals surface area (Å²) in [4.78, 5) is 12.1. The van der Waals surface area contributed by atoms with Gasteiger partial charge in [-0.15, -0.1) is 0 Å². The lowest BCUT2D eigenvalue weighted by atomic mass is 9.86. The van der Waals surface area contributed by atoms with Crippen molar-refractivity contribution < 1.29 is 4.79 Å². The lowest BCUT2D eigenvalue weighted by Crippen LogP contribution is -2.20. The molecule has 0 aliphatic heterocycles. The van der Waals surface area contributed by atoms with E-state index in [4.69, 9.17) is 0 Å². The van der Waals surface area contributed by atoms with Crippen LogP contribution in [0.25, 0.3) is 0 Å². The van der Waals surface area contributed by atoms with Gasteiger partial charge < -0.3 is 5.32 Å². The molecule has 0 aromatic heterocycles. The Morgan fingerprint density at radius 2 is 2.00 bits per heavy atom. The van der Waals surface area contributed by atoms with Crippen molar-refractivity contribution in [3.05, 3.63) is 29.8 Å². The largest absolute Gasteiger partial charge is 0.326 e. The number of amides is 1. The Morgan fingerprint density at radius 3 is 2.58 bits per heavy atom. The molecule has 2 aliphatic carbocycles. The lowest BCUT2D eigenvalue weighted by molar-refractivity contribution is -0.117. The molecule has 0 unspecified atom stereocenters. The molecule has 0 radical (unpaired) electrons. The van der Waals surface area contributed by atoms with Gasteiger partial charge in [-0.1, -0.05) is 25.5 Å². The minimum absolute atomic E-state index is 0.196. The summed E-state index contributed by atoms with van der Waals surface area (Å²) in [5, 5.41) is 3.04. The molecule has 1 aromatic carbocycles. The molecule has 2 saturated carbocycles. The molecule has 3 atom stereocenters. The van der Waals surface area contributed by atoms with E-state index in [0.29, 0.717) is 5.92 Å². The van der Waals surface area contributed by atoms with E-state index < -0.39 is 0 Å². The van der Waals surface area contributed by atoms with Crippen LogP contribution in [0.4, 0.5) is 5.69 Å². The summed E-state index contributed by atoms with van der Waals surface area (Å²) in [6.45, 7) is 2.14. The van der Waals surface area contributed by atoms with Gasteiger partial charge in [0.25, 0.3) is 0 Å². The summed E-state index contributed by atoms with van der Waals surface area (Å²) in [6, 6.07) is 8.20. The maximum absolute atomic E-state index is 12.1. The quantitative estimate of drug-likeness (QED) is 0.867. The molecular formula is C17H23NO. The number of nitrogens with one attached hydrogen (secondary N) is 1. The van der Waals surface area contributed by atoms with Gasteiger partial charge in [-0.2, -0.15) is 0 Å². The van der Waals surface area contributed by atoms with Crippen LogP contribution in [-0.2, 0) is 11.2 Å². The molecule has 1 N–H and O–H groups in total. The lowest BCUT2D eigenvalue weighted by Gasteiger charge is -2.20. The first-order chi connectivity index (χ1) is 9.24. The smallest absolute Gasteiger partial charge is 0.224 e. The number of hydrogen-bond acceptors (Lipinski definition) is 1. The zero-order chi connectivity index (χ0) is 13.2. The summed E-state index contributed by atoms with van der Waals surface area (Å²) in [5.41, 5.74) is 2.25. The number of anilines is 1. The van der Waals surface area contributed by atoms with Gasteiger partial charge in [0.2, 0.25) is 5.91 Å². The van der Waals surface area contributed by atoms with E-state index in [-0.39, 0.29) is 5.91 Å². The molecule has 2 heteroatoms. The fourth-order valence-corrected chi connectivity index (χ4v) is 3.90. The van der Waals surface area contributed by atoms with E-state index >= 15 is 0 Å². The Balaban J connectivity index is 1.53. The molecule has 2 aliphatic rings. The van der Waals surface area contributed by atoms with Gasteiger partial charge in [0, 0.05) is 12.1 Å². The van der Waals surface area contributed by atoms with Crippen LogP contribution in [0.1, 0.15) is 44.6 Å². The SMILES string of the molecule is CCc1ccc(NC(=O)C[C@@H]2C[C@H]3CC[C@@H]2C3)cc1. The third-order valence-corrected chi connectivity index (χ3v) is 4.98. The first-order valence-electron chi connectivity index (χ1n) is 7.63. The molecule has 0 heterocycles. The zero-order valence-electron chi connectivity index (χ0n) is 11.7. The summed E-state index contributed by atoms with van der Waals surface area (Å²) in [6.07, 6.45) is 7.18. The minimum Gasteiger partial charge on any atom is -0.326 e. The third-order valence-electron chi connectivity index (χ3n) is 4.98. The second-order valence-corrected chi connectivity index (χ2v) is 6.24. The van der Waals surface area contributed by atoms with Crippen molar-refractivity contribution in [2.24, 2.45) is 17.8 Å². The van der Waals surface area contributed by atoms with E-state index in [9.17, 15) is 4.79 Å². The van der Waals surface area contributed by atoms with Crippen molar-refractivity contribution in [1.29, 1.82) is 0 Å². The third kappa shape index (κ3) is 2.83. The highest BCUT2D eigenvalue weighted by Crippen LogP contribution is 2.49. The van der Waals surface area contributed by atoms with E-state index in [1.807, 2.05) is 12.1 Å². The number of fused-ring (bicyclic) bond motifs is 2. The van der Waals surface area contributed by atoms with Gasteiger partial charge in [0.05, 0.1) is 0 Å². The van der Waals surface area contributed by atoms with Crippen LogP contribution in [0.2, 0.25) is 0 Å². The van der Waals surface area contributed by atoms with Gasteiger partial charge >= 0.3 is 0 Å². The number of rotatable bonds is 4. The monoisotopic (exact) mass is 257 g/mol. The first-order valence-corrected chi connectivity index (χ1v) is 7.63. The molecule has 0 saturated heterocycles. The van der Waals surface area contributed by atoms with Gasteiger partial charge in [-0.25, -0.2) is 0 Å². The first kappa shape index (κ1) is 12.7. The predicted octanol–water partition coefficient (Wildman–Crippen LogP) is 4.01. The van der Waals surface area contributed by atoms with Crippen molar-refractivity contribution in [1.82, 2.24) is 0 Å². The van der Waals surface area contributed by atoms with Crippen LogP contribution in [0.5, 0.6) is 0 Å². The van der Waals surface area contributed by atoms with Crippen LogP contribution in [0.15, 0.2) is 24.3 Å². The molecule has 102 valence electrons. The molecule has 19 heavy (non-hydrogen) atoms. The Labute approximate surface area is 115 Å². The minimum atomic E-state index is 0.196. The number of carbonyl (C=O) groups is 1. The molecule has 0 spiro atoms. The molecular weight excluding hydrogens is 234 g/mol. The van der Waals surface area contributed by atoms with Crippen molar-refractivity contribution in [3.8, 4) is 0 Å². The van der Waals surface area contributed by atoms with E-state index in [0.717, 1.165) is 30.4 Å². The van der Waals surface area contributed by atoms with Gasteiger partial charge in [0.15, 0.2) is 0 Å². The molecule has 3 rings (SSSR count). The normalized spacial score (nSPS) is 28.6. The molecule has 2 bridgehead atoms. The molecule has 2 nitrogen and oxygen atoms in total. The highest BCUT2D eigenvalue weighted by molar-refractivity contribution is 5.90. The van der Waals surface area contributed by atoms with Crippen molar-refractivity contribution in [2.75, 3.05) is 5.32 Å². The Kier molecular flexibility index (Phi) is 3.58. The fraction of sp³-hybridized carbons (Fsp3) is 0.588. The molecule has 1 aromatic rings. The maximum atomic E-state index is 12.1. The van der Waals surface area contributed by atoms with Crippen LogP contribution in [0.3, 0.4) is 0 Å². The second-order valence-electron chi connectivity index (χ2n) is 6.24. The molecule has 1 amide bonds. The van der Waals surface area contributed by atoms with E-state index in [1.165, 1.54) is 31.2 Å². The van der Waals surface area contributed by atoms with Gasteiger partial charge in [0.1, 0.15) is 0 Å².